The fraction of sp³-hybridized carbons (Fsp3) is 0.348. The molecule has 9 nitrogen and oxygen atoms in total. The first-order valence-electron chi connectivity index (χ1n) is 10.9. The highest BCUT2D eigenvalue weighted by Crippen LogP contribution is 2.21. The third-order valence-electron chi connectivity index (χ3n) is 5.39. The van der Waals surface area contributed by atoms with E-state index in [-0.39, 0.29) is 30.6 Å². The van der Waals surface area contributed by atoms with Gasteiger partial charge in [0.15, 0.2) is 5.82 Å². The standard InChI is InChI=1S/C23H26N6O3/c30-21(25-18-10-5-2-6-11-18)13-14-24-23(31)20(16-19-12-7-15-32-19)29-22(26-27-28-29)17-8-3-1-4-9-17/h1,3-4,7-9,12,15-16,18H,2,5-6,10-11,13-14H2,(H,24,31)(H,25,30)/b20-16+. The lowest BCUT2D eigenvalue weighted by Gasteiger charge is -2.22. The summed E-state index contributed by atoms with van der Waals surface area (Å²) in [4.78, 5) is 25.3. The van der Waals surface area contributed by atoms with Crippen molar-refractivity contribution >= 4 is 23.6 Å². The van der Waals surface area contributed by atoms with Crippen LogP contribution in [-0.4, -0.2) is 44.6 Å². The maximum Gasteiger partial charge on any atom is 0.270 e. The van der Waals surface area contributed by atoms with Crippen LogP contribution < -0.4 is 10.6 Å². The minimum atomic E-state index is -0.406. The molecule has 32 heavy (non-hydrogen) atoms. The molecule has 2 N–H and O–H groups in total. The average Bonchev–Trinajstić information content (AvgIpc) is 3.51. The van der Waals surface area contributed by atoms with Crippen molar-refractivity contribution in [3.63, 3.8) is 0 Å². The van der Waals surface area contributed by atoms with Crippen LogP contribution in [0.25, 0.3) is 23.2 Å². The maximum absolute atomic E-state index is 13.1. The fourth-order valence-electron chi connectivity index (χ4n) is 3.77. The van der Waals surface area contributed by atoms with E-state index in [9.17, 15) is 9.59 Å². The maximum atomic E-state index is 13.1. The Labute approximate surface area is 185 Å². The Morgan fingerprint density at radius 1 is 1.09 bits per heavy atom. The highest BCUT2D eigenvalue weighted by molar-refractivity contribution is 6.18. The van der Waals surface area contributed by atoms with Gasteiger partial charge in [-0.15, -0.1) is 5.10 Å². The molecule has 166 valence electrons. The Bertz CT molecular complexity index is 1050. The minimum Gasteiger partial charge on any atom is -0.465 e. The van der Waals surface area contributed by atoms with Gasteiger partial charge in [0.25, 0.3) is 5.91 Å². The first-order chi connectivity index (χ1) is 15.7. The number of hydrogen-bond acceptors (Lipinski definition) is 6. The van der Waals surface area contributed by atoms with Gasteiger partial charge in [0.1, 0.15) is 11.5 Å². The molecule has 2 heterocycles. The van der Waals surface area contributed by atoms with Crippen molar-refractivity contribution in [3.05, 3.63) is 54.5 Å². The van der Waals surface area contributed by atoms with Crippen molar-refractivity contribution in [2.24, 2.45) is 0 Å². The molecule has 0 saturated heterocycles. The van der Waals surface area contributed by atoms with Crippen LogP contribution in [0.3, 0.4) is 0 Å². The lowest BCUT2D eigenvalue weighted by atomic mass is 9.95. The van der Waals surface area contributed by atoms with Gasteiger partial charge >= 0.3 is 0 Å². The van der Waals surface area contributed by atoms with E-state index in [1.165, 1.54) is 17.4 Å². The van der Waals surface area contributed by atoms with Crippen molar-refractivity contribution in [1.29, 1.82) is 0 Å². The highest BCUT2D eigenvalue weighted by atomic mass is 16.3. The van der Waals surface area contributed by atoms with Gasteiger partial charge in [-0.3, -0.25) is 9.59 Å². The topological polar surface area (TPSA) is 115 Å². The second kappa shape index (κ2) is 10.5. The van der Waals surface area contributed by atoms with E-state index in [2.05, 4.69) is 26.2 Å². The van der Waals surface area contributed by atoms with Gasteiger partial charge in [-0.2, -0.15) is 4.68 Å². The van der Waals surface area contributed by atoms with Gasteiger partial charge in [0, 0.05) is 30.6 Å². The number of amides is 2. The third-order valence-corrected chi connectivity index (χ3v) is 5.39. The largest absolute Gasteiger partial charge is 0.465 e. The van der Waals surface area contributed by atoms with Gasteiger partial charge in [-0.25, -0.2) is 0 Å². The molecule has 9 heteroatoms. The zero-order valence-electron chi connectivity index (χ0n) is 17.7. The Balaban J connectivity index is 1.45. The van der Waals surface area contributed by atoms with Crippen molar-refractivity contribution in [2.75, 3.05) is 6.54 Å². The minimum absolute atomic E-state index is 0.0545. The molecule has 1 aliphatic rings. The molecule has 0 unspecified atom stereocenters. The van der Waals surface area contributed by atoms with Crippen molar-refractivity contribution in [2.45, 2.75) is 44.6 Å². The monoisotopic (exact) mass is 434 g/mol. The van der Waals surface area contributed by atoms with E-state index < -0.39 is 5.91 Å². The summed E-state index contributed by atoms with van der Waals surface area (Å²) in [5.41, 5.74) is 0.957. The highest BCUT2D eigenvalue weighted by Gasteiger charge is 2.20. The molecule has 1 aliphatic carbocycles. The number of benzene rings is 1. The lowest BCUT2D eigenvalue weighted by Crippen LogP contribution is -2.38. The van der Waals surface area contributed by atoms with Gasteiger partial charge in [-0.05, 0) is 35.4 Å². The Morgan fingerprint density at radius 3 is 2.66 bits per heavy atom. The van der Waals surface area contributed by atoms with Crippen LogP contribution in [0.1, 0.15) is 44.3 Å². The molecule has 2 amide bonds. The summed E-state index contributed by atoms with van der Waals surface area (Å²) >= 11 is 0. The van der Waals surface area contributed by atoms with E-state index in [4.69, 9.17) is 4.42 Å². The van der Waals surface area contributed by atoms with Crippen LogP contribution in [0.15, 0.2) is 53.1 Å². The number of aromatic nitrogens is 4. The Morgan fingerprint density at radius 2 is 1.91 bits per heavy atom. The molecule has 2 aromatic heterocycles. The SMILES string of the molecule is O=C(CCNC(=O)/C(=C\c1ccco1)n1nnnc1-c1ccccc1)NC1CCCCC1. The number of nitrogens with one attached hydrogen (secondary N) is 2. The molecule has 0 atom stereocenters. The van der Waals surface area contributed by atoms with Crippen molar-refractivity contribution in [3.8, 4) is 11.4 Å². The molecule has 0 aliphatic heterocycles. The number of carbonyl (C=O) groups excluding carboxylic acids is 2. The van der Waals surface area contributed by atoms with E-state index in [1.54, 1.807) is 18.2 Å². The second-order valence-electron chi connectivity index (χ2n) is 7.73. The summed E-state index contributed by atoms with van der Waals surface area (Å²) in [5, 5.41) is 17.7. The van der Waals surface area contributed by atoms with Crippen molar-refractivity contribution in [1.82, 2.24) is 30.8 Å². The van der Waals surface area contributed by atoms with Gasteiger partial charge in [0.05, 0.1) is 6.26 Å². The predicted octanol–water partition coefficient (Wildman–Crippen LogP) is 2.89. The quantitative estimate of drug-likeness (QED) is 0.527. The lowest BCUT2D eigenvalue weighted by molar-refractivity contribution is -0.122. The molecule has 1 fully saturated rings. The predicted molar refractivity (Wildman–Crippen MR) is 119 cm³/mol. The summed E-state index contributed by atoms with van der Waals surface area (Å²) in [5.74, 6) is 0.450. The number of nitrogens with zero attached hydrogens (tertiary/aromatic N) is 4. The zero-order valence-corrected chi connectivity index (χ0v) is 17.7. The molecule has 3 aromatic rings. The van der Waals surface area contributed by atoms with Crippen LogP contribution in [0, 0.1) is 0 Å². The molecular weight excluding hydrogens is 408 g/mol. The second-order valence-corrected chi connectivity index (χ2v) is 7.73. The number of hydrogen-bond donors (Lipinski definition) is 2. The van der Waals surface area contributed by atoms with Gasteiger partial charge in [0.2, 0.25) is 5.91 Å². The molecule has 0 spiro atoms. The van der Waals surface area contributed by atoms with Crippen LogP contribution in [-0.2, 0) is 9.59 Å². The van der Waals surface area contributed by atoms with E-state index >= 15 is 0 Å². The average molecular weight is 435 g/mol. The molecule has 0 radical (unpaired) electrons. The summed E-state index contributed by atoms with van der Waals surface area (Å²) in [6, 6.07) is 13.1. The first-order valence-corrected chi connectivity index (χ1v) is 10.9. The Kier molecular flexibility index (Phi) is 7.06. The third kappa shape index (κ3) is 5.48. The normalized spacial score (nSPS) is 14.8. The van der Waals surface area contributed by atoms with Crippen LogP contribution >= 0.6 is 0 Å². The number of tetrazole rings is 1. The van der Waals surface area contributed by atoms with E-state index in [0.717, 1.165) is 31.2 Å². The summed E-state index contributed by atoms with van der Waals surface area (Å²) < 4.78 is 6.75. The van der Waals surface area contributed by atoms with E-state index in [0.29, 0.717) is 11.6 Å². The summed E-state index contributed by atoms with van der Waals surface area (Å²) in [6.07, 6.45) is 8.88. The molecule has 1 saturated carbocycles. The molecular formula is C23H26N6O3. The molecule has 4 rings (SSSR count). The number of furan rings is 1. The smallest absolute Gasteiger partial charge is 0.270 e. The number of carbonyl (C=O) groups is 2. The molecule has 1 aromatic carbocycles. The zero-order chi connectivity index (χ0) is 22.2. The van der Waals surface area contributed by atoms with Crippen LogP contribution in [0.4, 0.5) is 0 Å². The van der Waals surface area contributed by atoms with Crippen LogP contribution in [0.5, 0.6) is 0 Å². The fourth-order valence-corrected chi connectivity index (χ4v) is 3.77. The Hall–Kier alpha value is -3.75. The van der Waals surface area contributed by atoms with Gasteiger partial charge < -0.3 is 15.1 Å². The first kappa shape index (κ1) is 21.5. The molecule has 0 bridgehead atoms. The number of rotatable bonds is 8. The van der Waals surface area contributed by atoms with Crippen molar-refractivity contribution < 1.29 is 14.0 Å². The summed E-state index contributed by atoms with van der Waals surface area (Å²) in [7, 11) is 0. The van der Waals surface area contributed by atoms with E-state index in [1.807, 2.05) is 30.3 Å². The van der Waals surface area contributed by atoms with Gasteiger partial charge in [-0.1, -0.05) is 49.6 Å². The van der Waals surface area contributed by atoms with Crippen LogP contribution in [0.2, 0.25) is 0 Å². The summed E-state index contributed by atoms with van der Waals surface area (Å²) in [6.45, 7) is 0.204.